The third-order valence-electron chi connectivity index (χ3n) is 3.37. The standard InChI is InChI=1S/C18H20ClNO2/c1-4-14-5-7-15(8-6-14)20-17(21)11-22-18-13(3)9-12(2)10-16(18)19/h5-10H,4,11H2,1-3H3,(H,20,21). The van der Waals surface area contributed by atoms with Crippen LogP contribution in [0.25, 0.3) is 0 Å². The first-order valence-electron chi connectivity index (χ1n) is 7.28. The molecule has 0 saturated carbocycles. The van der Waals surface area contributed by atoms with E-state index in [1.54, 1.807) is 0 Å². The summed E-state index contributed by atoms with van der Waals surface area (Å²) in [5.74, 6) is 0.351. The minimum Gasteiger partial charge on any atom is -0.482 e. The van der Waals surface area contributed by atoms with Crippen LogP contribution >= 0.6 is 11.6 Å². The second kappa shape index (κ2) is 7.32. The molecule has 0 aliphatic rings. The van der Waals surface area contributed by atoms with Crippen LogP contribution in [-0.2, 0) is 11.2 Å². The molecule has 3 nitrogen and oxygen atoms in total. The van der Waals surface area contributed by atoms with Crippen molar-refractivity contribution in [1.82, 2.24) is 0 Å². The van der Waals surface area contributed by atoms with Gasteiger partial charge < -0.3 is 10.1 Å². The number of rotatable bonds is 5. The third-order valence-corrected chi connectivity index (χ3v) is 3.65. The third kappa shape index (κ3) is 4.25. The van der Waals surface area contributed by atoms with E-state index >= 15 is 0 Å². The predicted molar refractivity (Wildman–Crippen MR) is 90.9 cm³/mol. The van der Waals surface area contributed by atoms with Crippen LogP contribution in [0.15, 0.2) is 36.4 Å². The van der Waals surface area contributed by atoms with Crippen molar-refractivity contribution in [2.75, 3.05) is 11.9 Å². The number of carbonyl (C=O) groups is 1. The fourth-order valence-electron chi connectivity index (χ4n) is 2.24. The number of ether oxygens (including phenoxy) is 1. The number of anilines is 1. The predicted octanol–water partition coefficient (Wildman–Crippen LogP) is 4.54. The van der Waals surface area contributed by atoms with E-state index in [-0.39, 0.29) is 12.5 Å². The Kier molecular flexibility index (Phi) is 5.45. The molecule has 0 aliphatic carbocycles. The van der Waals surface area contributed by atoms with E-state index in [1.165, 1.54) is 5.56 Å². The summed E-state index contributed by atoms with van der Waals surface area (Å²) < 4.78 is 5.56. The SMILES string of the molecule is CCc1ccc(NC(=O)COc2c(C)cc(C)cc2Cl)cc1. The van der Waals surface area contributed by atoms with Crippen LogP contribution < -0.4 is 10.1 Å². The molecule has 0 aromatic heterocycles. The zero-order valence-electron chi connectivity index (χ0n) is 13.1. The van der Waals surface area contributed by atoms with Crippen molar-refractivity contribution >= 4 is 23.2 Å². The maximum atomic E-state index is 12.0. The Hall–Kier alpha value is -2.00. The smallest absolute Gasteiger partial charge is 0.262 e. The quantitative estimate of drug-likeness (QED) is 0.879. The molecule has 0 radical (unpaired) electrons. The molecule has 22 heavy (non-hydrogen) atoms. The summed E-state index contributed by atoms with van der Waals surface area (Å²) in [5.41, 5.74) is 3.98. The van der Waals surface area contributed by atoms with Gasteiger partial charge in [-0.05, 0) is 55.2 Å². The molecular formula is C18H20ClNO2. The summed E-state index contributed by atoms with van der Waals surface area (Å²) in [6.45, 7) is 5.90. The molecule has 2 aromatic rings. The molecule has 0 bridgehead atoms. The summed E-state index contributed by atoms with van der Waals surface area (Å²) in [6, 6.07) is 11.6. The van der Waals surface area contributed by atoms with E-state index in [9.17, 15) is 4.79 Å². The lowest BCUT2D eigenvalue weighted by Crippen LogP contribution is -2.20. The van der Waals surface area contributed by atoms with Crippen LogP contribution in [0.5, 0.6) is 5.75 Å². The van der Waals surface area contributed by atoms with Gasteiger partial charge in [0.15, 0.2) is 6.61 Å². The number of hydrogen-bond donors (Lipinski definition) is 1. The second-order valence-electron chi connectivity index (χ2n) is 5.28. The molecule has 0 saturated heterocycles. The van der Waals surface area contributed by atoms with Crippen LogP contribution in [0.3, 0.4) is 0 Å². The normalized spacial score (nSPS) is 10.4. The number of carbonyl (C=O) groups excluding carboxylic acids is 1. The van der Waals surface area contributed by atoms with Gasteiger partial charge in [-0.2, -0.15) is 0 Å². The molecule has 4 heteroatoms. The van der Waals surface area contributed by atoms with Crippen molar-refractivity contribution in [3.8, 4) is 5.75 Å². The van der Waals surface area contributed by atoms with E-state index in [0.29, 0.717) is 10.8 Å². The van der Waals surface area contributed by atoms with Crippen molar-refractivity contribution in [3.05, 3.63) is 58.1 Å². The average molecular weight is 318 g/mol. The molecule has 0 aliphatic heterocycles. The van der Waals surface area contributed by atoms with Crippen LogP contribution in [0.4, 0.5) is 5.69 Å². The maximum Gasteiger partial charge on any atom is 0.262 e. The average Bonchev–Trinajstić information content (AvgIpc) is 2.47. The molecule has 2 rings (SSSR count). The molecule has 0 heterocycles. The lowest BCUT2D eigenvalue weighted by molar-refractivity contribution is -0.118. The topological polar surface area (TPSA) is 38.3 Å². The summed E-state index contributed by atoms with van der Waals surface area (Å²) in [7, 11) is 0. The van der Waals surface area contributed by atoms with E-state index < -0.39 is 0 Å². The van der Waals surface area contributed by atoms with Crippen molar-refractivity contribution < 1.29 is 9.53 Å². The van der Waals surface area contributed by atoms with Crippen LogP contribution in [0.1, 0.15) is 23.6 Å². The minimum absolute atomic E-state index is 0.0703. The van der Waals surface area contributed by atoms with Crippen LogP contribution in [0, 0.1) is 13.8 Å². The van der Waals surface area contributed by atoms with E-state index in [2.05, 4.69) is 12.2 Å². The highest BCUT2D eigenvalue weighted by atomic mass is 35.5. The van der Waals surface area contributed by atoms with Gasteiger partial charge in [-0.15, -0.1) is 0 Å². The van der Waals surface area contributed by atoms with E-state index in [1.807, 2.05) is 50.2 Å². The fraction of sp³-hybridized carbons (Fsp3) is 0.278. The number of aryl methyl sites for hydroxylation is 3. The van der Waals surface area contributed by atoms with Crippen LogP contribution in [0.2, 0.25) is 5.02 Å². The number of halogens is 1. The molecule has 116 valence electrons. The molecule has 1 N–H and O–H groups in total. The lowest BCUT2D eigenvalue weighted by atomic mass is 10.1. The Morgan fingerprint density at radius 1 is 1.18 bits per heavy atom. The van der Waals surface area contributed by atoms with Gasteiger partial charge in [-0.1, -0.05) is 36.7 Å². The number of amides is 1. The minimum atomic E-state index is -0.208. The number of hydrogen-bond acceptors (Lipinski definition) is 2. The first kappa shape index (κ1) is 16.4. The van der Waals surface area contributed by atoms with Crippen LogP contribution in [-0.4, -0.2) is 12.5 Å². The number of nitrogens with one attached hydrogen (secondary N) is 1. The largest absolute Gasteiger partial charge is 0.482 e. The summed E-state index contributed by atoms with van der Waals surface area (Å²) in [5, 5.41) is 3.33. The highest BCUT2D eigenvalue weighted by Crippen LogP contribution is 2.29. The van der Waals surface area contributed by atoms with Crippen molar-refractivity contribution in [2.45, 2.75) is 27.2 Å². The van der Waals surface area contributed by atoms with E-state index in [0.717, 1.165) is 23.2 Å². The number of benzene rings is 2. The monoisotopic (exact) mass is 317 g/mol. The summed E-state index contributed by atoms with van der Waals surface area (Å²) >= 11 is 6.16. The van der Waals surface area contributed by atoms with Gasteiger partial charge in [0.1, 0.15) is 5.75 Å². The second-order valence-corrected chi connectivity index (χ2v) is 5.69. The Labute approximate surface area is 136 Å². The summed E-state index contributed by atoms with van der Waals surface area (Å²) in [6.07, 6.45) is 0.975. The van der Waals surface area contributed by atoms with Gasteiger partial charge in [-0.3, -0.25) is 4.79 Å². The van der Waals surface area contributed by atoms with Gasteiger partial charge in [0.2, 0.25) is 0 Å². The Morgan fingerprint density at radius 3 is 2.45 bits per heavy atom. The lowest BCUT2D eigenvalue weighted by Gasteiger charge is -2.12. The van der Waals surface area contributed by atoms with Crippen molar-refractivity contribution in [3.63, 3.8) is 0 Å². The molecule has 2 aromatic carbocycles. The van der Waals surface area contributed by atoms with E-state index in [4.69, 9.17) is 16.3 Å². The van der Waals surface area contributed by atoms with Gasteiger partial charge in [0.05, 0.1) is 5.02 Å². The zero-order chi connectivity index (χ0) is 16.1. The molecule has 1 amide bonds. The molecule has 0 spiro atoms. The zero-order valence-corrected chi connectivity index (χ0v) is 13.8. The highest BCUT2D eigenvalue weighted by Gasteiger charge is 2.09. The van der Waals surface area contributed by atoms with Crippen molar-refractivity contribution in [1.29, 1.82) is 0 Å². The molecule has 0 atom stereocenters. The molecule has 0 fully saturated rings. The Morgan fingerprint density at radius 2 is 1.86 bits per heavy atom. The Bertz CT molecular complexity index is 642. The molecular weight excluding hydrogens is 298 g/mol. The van der Waals surface area contributed by atoms with Gasteiger partial charge in [0.25, 0.3) is 5.91 Å². The first-order valence-corrected chi connectivity index (χ1v) is 7.65. The van der Waals surface area contributed by atoms with Gasteiger partial charge >= 0.3 is 0 Å². The Balaban J connectivity index is 1.95. The van der Waals surface area contributed by atoms with Gasteiger partial charge in [-0.25, -0.2) is 0 Å². The highest BCUT2D eigenvalue weighted by molar-refractivity contribution is 6.32. The van der Waals surface area contributed by atoms with Gasteiger partial charge in [0, 0.05) is 5.69 Å². The fourth-order valence-corrected chi connectivity index (χ4v) is 2.62. The van der Waals surface area contributed by atoms with Crippen molar-refractivity contribution in [2.24, 2.45) is 0 Å². The molecule has 0 unspecified atom stereocenters. The first-order chi connectivity index (χ1) is 10.5. The summed E-state index contributed by atoms with van der Waals surface area (Å²) in [4.78, 5) is 12.0. The maximum absolute atomic E-state index is 12.0.